The second-order valence-corrected chi connectivity index (χ2v) is 4.54. The maximum absolute atomic E-state index is 12.2. The molecule has 2 aromatic rings. The average molecular weight is 257 g/mol. The summed E-state index contributed by atoms with van der Waals surface area (Å²) in [6.45, 7) is 2.68. The van der Waals surface area contributed by atoms with Gasteiger partial charge in [0.25, 0.3) is 0 Å². The maximum atomic E-state index is 12.2. The monoisotopic (exact) mass is 257 g/mol. The first-order valence-corrected chi connectivity index (χ1v) is 6.65. The predicted molar refractivity (Wildman–Crippen MR) is 74.9 cm³/mol. The van der Waals surface area contributed by atoms with Crippen molar-refractivity contribution in [3.05, 3.63) is 60.1 Å². The van der Waals surface area contributed by atoms with Gasteiger partial charge in [-0.25, -0.2) is 0 Å². The first-order chi connectivity index (χ1) is 9.31. The highest BCUT2D eigenvalue weighted by atomic mass is 16.3. The van der Waals surface area contributed by atoms with Gasteiger partial charge in [-0.1, -0.05) is 37.3 Å². The number of carbonyl (C=O) groups excluding carboxylic acids is 1. The zero-order valence-electron chi connectivity index (χ0n) is 11.1. The number of rotatable bonds is 6. The molecular weight excluding hydrogens is 238 g/mol. The van der Waals surface area contributed by atoms with E-state index in [-0.39, 0.29) is 11.8 Å². The van der Waals surface area contributed by atoms with Crippen LogP contribution in [-0.4, -0.2) is 12.5 Å². The van der Waals surface area contributed by atoms with Crippen molar-refractivity contribution in [1.29, 1.82) is 0 Å². The molecule has 0 aliphatic rings. The highest BCUT2D eigenvalue weighted by Crippen LogP contribution is 2.19. The van der Waals surface area contributed by atoms with E-state index in [0.29, 0.717) is 6.54 Å². The molecule has 2 rings (SSSR count). The average Bonchev–Trinajstić information content (AvgIpc) is 2.94. The Morgan fingerprint density at radius 2 is 2.05 bits per heavy atom. The summed E-state index contributed by atoms with van der Waals surface area (Å²) in [7, 11) is 0. The summed E-state index contributed by atoms with van der Waals surface area (Å²) in [5.74, 6) is 0.0303. The van der Waals surface area contributed by atoms with Gasteiger partial charge in [-0.05, 0) is 30.0 Å². The Morgan fingerprint density at radius 3 is 2.68 bits per heavy atom. The van der Waals surface area contributed by atoms with Gasteiger partial charge in [0.05, 0.1) is 18.4 Å². The maximum Gasteiger partial charge on any atom is 0.227 e. The molecule has 3 heteroatoms. The van der Waals surface area contributed by atoms with Crippen molar-refractivity contribution >= 4 is 5.91 Å². The molecule has 3 nitrogen and oxygen atoms in total. The molecule has 1 heterocycles. The number of amides is 1. The Morgan fingerprint density at radius 1 is 1.26 bits per heavy atom. The minimum atomic E-state index is -0.0643. The van der Waals surface area contributed by atoms with E-state index in [1.54, 1.807) is 12.5 Å². The topological polar surface area (TPSA) is 42.2 Å². The van der Waals surface area contributed by atoms with Gasteiger partial charge in [-0.3, -0.25) is 4.79 Å². The van der Waals surface area contributed by atoms with E-state index in [0.717, 1.165) is 24.0 Å². The summed E-state index contributed by atoms with van der Waals surface area (Å²) in [5.41, 5.74) is 2.18. The molecule has 0 aliphatic heterocycles. The Balaban J connectivity index is 1.87. The predicted octanol–water partition coefficient (Wildman–Crippen LogP) is 3.13. The quantitative estimate of drug-likeness (QED) is 0.863. The fourth-order valence-electron chi connectivity index (χ4n) is 2.15. The molecule has 0 bridgehead atoms. The van der Waals surface area contributed by atoms with Crippen molar-refractivity contribution in [3.63, 3.8) is 0 Å². The molecule has 1 atom stereocenters. The third kappa shape index (κ3) is 3.71. The molecule has 1 aromatic heterocycles. The van der Waals surface area contributed by atoms with Crippen LogP contribution in [0.1, 0.15) is 30.4 Å². The third-order valence-corrected chi connectivity index (χ3v) is 3.22. The van der Waals surface area contributed by atoms with Crippen molar-refractivity contribution < 1.29 is 9.21 Å². The molecule has 100 valence electrons. The van der Waals surface area contributed by atoms with Crippen LogP contribution in [0.15, 0.2) is 53.3 Å². The van der Waals surface area contributed by atoms with Crippen LogP contribution in [0.4, 0.5) is 0 Å². The van der Waals surface area contributed by atoms with Gasteiger partial charge in [0, 0.05) is 6.54 Å². The lowest BCUT2D eigenvalue weighted by Crippen LogP contribution is -2.30. The minimum absolute atomic E-state index is 0.0643. The van der Waals surface area contributed by atoms with Crippen molar-refractivity contribution in [1.82, 2.24) is 5.32 Å². The third-order valence-electron chi connectivity index (χ3n) is 3.22. The van der Waals surface area contributed by atoms with E-state index in [9.17, 15) is 4.79 Å². The summed E-state index contributed by atoms with van der Waals surface area (Å²) in [5, 5.41) is 2.99. The van der Waals surface area contributed by atoms with E-state index in [1.807, 2.05) is 43.3 Å². The Labute approximate surface area is 113 Å². The van der Waals surface area contributed by atoms with Gasteiger partial charge in [-0.15, -0.1) is 0 Å². The first-order valence-electron chi connectivity index (χ1n) is 6.65. The van der Waals surface area contributed by atoms with E-state index in [4.69, 9.17) is 4.42 Å². The second kappa shape index (κ2) is 6.78. The summed E-state index contributed by atoms with van der Waals surface area (Å²) in [6.07, 6.45) is 4.96. The zero-order chi connectivity index (χ0) is 13.5. The number of hydrogen-bond acceptors (Lipinski definition) is 2. The van der Waals surface area contributed by atoms with E-state index >= 15 is 0 Å². The van der Waals surface area contributed by atoms with E-state index < -0.39 is 0 Å². The molecular formula is C16H19NO2. The lowest BCUT2D eigenvalue weighted by molar-refractivity contribution is -0.122. The fourth-order valence-corrected chi connectivity index (χ4v) is 2.15. The first kappa shape index (κ1) is 13.4. The van der Waals surface area contributed by atoms with Crippen molar-refractivity contribution in [2.24, 2.45) is 0 Å². The van der Waals surface area contributed by atoms with Crippen LogP contribution in [0, 0.1) is 0 Å². The summed E-state index contributed by atoms with van der Waals surface area (Å²) < 4.78 is 5.00. The van der Waals surface area contributed by atoms with Crippen LogP contribution in [-0.2, 0) is 11.2 Å². The summed E-state index contributed by atoms with van der Waals surface area (Å²) in [6, 6.07) is 11.8. The van der Waals surface area contributed by atoms with Gasteiger partial charge in [0.2, 0.25) is 5.91 Å². The van der Waals surface area contributed by atoms with Crippen LogP contribution < -0.4 is 5.32 Å². The molecule has 1 N–H and O–H groups in total. The Kier molecular flexibility index (Phi) is 4.78. The Hall–Kier alpha value is -2.03. The van der Waals surface area contributed by atoms with Crippen LogP contribution >= 0.6 is 0 Å². The smallest absolute Gasteiger partial charge is 0.227 e. The molecule has 19 heavy (non-hydrogen) atoms. The van der Waals surface area contributed by atoms with E-state index in [2.05, 4.69) is 5.32 Å². The highest BCUT2D eigenvalue weighted by Gasteiger charge is 2.17. The number of furan rings is 1. The SMILES string of the molecule is CC[C@H](C(=O)NCCc1ccoc1)c1ccccc1. The highest BCUT2D eigenvalue weighted by molar-refractivity contribution is 5.83. The van der Waals surface area contributed by atoms with Crippen molar-refractivity contribution in [2.45, 2.75) is 25.7 Å². The fraction of sp³-hybridized carbons (Fsp3) is 0.312. The molecule has 0 saturated heterocycles. The molecule has 1 amide bonds. The second-order valence-electron chi connectivity index (χ2n) is 4.54. The lowest BCUT2D eigenvalue weighted by Gasteiger charge is -2.15. The van der Waals surface area contributed by atoms with Gasteiger partial charge >= 0.3 is 0 Å². The van der Waals surface area contributed by atoms with Crippen LogP contribution in [0.3, 0.4) is 0 Å². The number of nitrogens with one attached hydrogen (secondary N) is 1. The summed E-state index contributed by atoms with van der Waals surface area (Å²) >= 11 is 0. The molecule has 0 fully saturated rings. The van der Waals surface area contributed by atoms with Gasteiger partial charge in [-0.2, -0.15) is 0 Å². The number of hydrogen-bond donors (Lipinski definition) is 1. The van der Waals surface area contributed by atoms with E-state index in [1.165, 1.54) is 0 Å². The summed E-state index contributed by atoms with van der Waals surface area (Å²) in [4.78, 5) is 12.2. The van der Waals surface area contributed by atoms with Gasteiger partial charge < -0.3 is 9.73 Å². The lowest BCUT2D eigenvalue weighted by atomic mass is 9.95. The molecule has 1 aromatic carbocycles. The van der Waals surface area contributed by atoms with Crippen LogP contribution in [0.2, 0.25) is 0 Å². The van der Waals surface area contributed by atoms with Crippen molar-refractivity contribution in [3.8, 4) is 0 Å². The number of benzene rings is 1. The normalized spacial score (nSPS) is 12.1. The van der Waals surface area contributed by atoms with Crippen molar-refractivity contribution in [2.75, 3.05) is 6.54 Å². The van der Waals surface area contributed by atoms with Gasteiger partial charge in [0.1, 0.15) is 0 Å². The largest absolute Gasteiger partial charge is 0.472 e. The molecule has 0 unspecified atom stereocenters. The molecule has 0 radical (unpaired) electrons. The van der Waals surface area contributed by atoms with Gasteiger partial charge in [0.15, 0.2) is 0 Å². The molecule has 0 spiro atoms. The Bertz CT molecular complexity index is 491. The zero-order valence-corrected chi connectivity index (χ0v) is 11.1. The molecule has 0 aliphatic carbocycles. The van der Waals surface area contributed by atoms with Crippen LogP contribution in [0.5, 0.6) is 0 Å². The number of carbonyl (C=O) groups is 1. The standard InChI is InChI=1S/C16H19NO2/c1-2-15(14-6-4-3-5-7-14)16(18)17-10-8-13-9-11-19-12-13/h3-7,9,11-12,15H,2,8,10H2,1H3,(H,17,18)/t15-/m0/s1. The minimum Gasteiger partial charge on any atom is -0.472 e. The van der Waals surface area contributed by atoms with Crippen LogP contribution in [0.25, 0.3) is 0 Å². The molecule has 0 saturated carbocycles.